The summed E-state index contributed by atoms with van der Waals surface area (Å²) in [4.78, 5) is 21.1. The molecule has 0 aliphatic carbocycles. The standard InChI is InChI=1S/C41H52FN3O6/c1-25-12-9-10-21-49-41(7)17-19-44(20-18-41)38-35(36(39(47)48-8)51-40(4,5)6)26(2)34(27(3)46)37-43-32(24-45(37)38)29-14-11-13-28(22-29)31-23-30(42)15-16-33(31)50-25/h11,13-16,22-25,27,36,46H,9-10,12,17-21H2,1-8H3/t25-,27?,36-/m0/s1. The molecule has 3 atom stereocenters. The molecule has 1 fully saturated rings. The Morgan fingerprint density at radius 2 is 1.82 bits per heavy atom. The molecule has 1 saturated heterocycles. The summed E-state index contributed by atoms with van der Waals surface area (Å²) in [6.07, 6.45) is 4.17. The van der Waals surface area contributed by atoms with Crippen molar-refractivity contribution in [2.45, 2.75) is 110 Å². The van der Waals surface area contributed by atoms with E-state index in [1.54, 1.807) is 13.0 Å². The van der Waals surface area contributed by atoms with E-state index in [1.165, 1.54) is 19.2 Å². The van der Waals surface area contributed by atoms with Crippen molar-refractivity contribution >= 4 is 17.4 Å². The number of carbonyl (C=O) groups is 1. The summed E-state index contributed by atoms with van der Waals surface area (Å²) in [6, 6.07) is 12.5. The van der Waals surface area contributed by atoms with Crippen LogP contribution in [0.25, 0.3) is 28.0 Å². The smallest absolute Gasteiger partial charge is 0.339 e. The fourth-order valence-corrected chi connectivity index (χ4v) is 7.44. The monoisotopic (exact) mass is 701 g/mol. The number of carbonyl (C=O) groups excluding carboxylic acids is 1. The van der Waals surface area contributed by atoms with E-state index in [9.17, 15) is 14.3 Å². The first-order valence-electron chi connectivity index (χ1n) is 18.1. The van der Waals surface area contributed by atoms with Crippen LogP contribution in [0.2, 0.25) is 0 Å². The van der Waals surface area contributed by atoms with Gasteiger partial charge in [-0.2, -0.15) is 0 Å². The Balaban J connectivity index is 1.61. The highest BCUT2D eigenvalue weighted by atomic mass is 19.1. The molecular weight excluding hydrogens is 649 g/mol. The van der Waals surface area contributed by atoms with E-state index in [0.29, 0.717) is 53.5 Å². The number of imidazole rings is 1. The summed E-state index contributed by atoms with van der Waals surface area (Å²) in [5, 5.41) is 11.3. The van der Waals surface area contributed by atoms with Gasteiger partial charge in [0, 0.05) is 48.1 Å². The maximum atomic E-state index is 14.7. The first-order chi connectivity index (χ1) is 24.2. The van der Waals surface area contributed by atoms with Gasteiger partial charge in [-0.25, -0.2) is 14.2 Å². The molecule has 0 radical (unpaired) electrons. The molecule has 3 aliphatic heterocycles. The Hall–Kier alpha value is -3.99. The van der Waals surface area contributed by atoms with Crippen molar-refractivity contribution in [3.8, 4) is 28.1 Å². The largest absolute Gasteiger partial charge is 0.490 e. The molecule has 10 heteroatoms. The summed E-state index contributed by atoms with van der Waals surface area (Å²) in [5.74, 6) is 0.519. The third-order valence-corrected chi connectivity index (χ3v) is 10.1. The molecule has 274 valence electrons. The average molecular weight is 702 g/mol. The number of methoxy groups -OCH3 is 1. The number of nitrogens with zero attached hydrogens (tertiary/aromatic N) is 3. The molecule has 6 bridgehead atoms. The van der Waals surface area contributed by atoms with Crippen molar-refractivity contribution in [2.24, 2.45) is 0 Å². The minimum atomic E-state index is -1.06. The van der Waals surface area contributed by atoms with Gasteiger partial charge in [-0.15, -0.1) is 0 Å². The molecule has 3 aliphatic rings. The highest BCUT2D eigenvalue weighted by Crippen LogP contribution is 2.43. The Morgan fingerprint density at radius 3 is 2.51 bits per heavy atom. The molecule has 2 aromatic carbocycles. The van der Waals surface area contributed by atoms with Crippen LogP contribution in [0.1, 0.15) is 103 Å². The molecule has 2 aromatic heterocycles. The van der Waals surface area contributed by atoms with Gasteiger partial charge in [0.05, 0.1) is 36.2 Å². The van der Waals surface area contributed by atoms with Crippen LogP contribution in [0.4, 0.5) is 10.2 Å². The first kappa shape index (κ1) is 36.8. The number of anilines is 1. The van der Waals surface area contributed by atoms with Crippen LogP contribution in [-0.2, 0) is 19.0 Å². The number of fused-ring (bicyclic) bond motifs is 8. The van der Waals surface area contributed by atoms with Gasteiger partial charge in [0.25, 0.3) is 0 Å². The van der Waals surface area contributed by atoms with E-state index >= 15 is 0 Å². The van der Waals surface area contributed by atoms with Gasteiger partial charge >= 0.3 is 5.97 Å². The molecule has 1 unspecified atom stereocenters. The Morgan fingerprint density at radius 1 is 1.10 bits per heavy atom. The van der Waals surface area contributed by atoms with Gasteiger partial charge in [0.15, 0.2) is 6.10 Å². The molecule has 51 heavy (non-hydrogen) atoms. The van der Waals surface area contributed by atoms with Crippen molar-refractivity contribution < 1.29 is 33.2 Å². The van der Waals surface area contributed by atoms with E-state index in [4.69, 9.17) is 23.9 Å². The second-order valence-corrected chi connectivity index (χ2v) is 15.3. The maximum Gasteiger partial charge on any atom is 0.339 e. The summed E-state index contributed by atoms with van der Waals surface area (Å²) >= 11 is 0. The second-order valence-electron chi connectivity index (χ2n) is 15.3. The lowest BCUT2D eigenvalue weighted by Crippen LogP contribution is -2.45. The Bertz CT molecular complexity index is 1890. The van der Waals surface area contributed by atoms with Crippen LogP contribution in [0.3, 0.4) is 0 Å². The highest BCUT2D eigenvalue weighted by Gasteiger charge is 2.39. The zero-order chi connectivity index (χ0) is 36.7. The van der Waals surface area contributed by atoms with E-state index < -0.39 is 23.8 Å². The van der Waals surface area contributed by atoms with Crippen LogP contribution in [0, 0.1) is 12.7 Å². The van der Waals surface area contributed by atoms with Gasteiger partial charge in [-0.05, 0) is 116 Å². The molecular formula is C41H52FN3O6. The van der Waals surface area contributed by atoms with Gasteiger partial charge in [-0.1, -0.05) is 18.2 Å². The number of ether oxygens (including phenoxy) is 4. The summed E-state index contributed by atoms with van der Waals surface area (Å²) in [7, 11) is 1.37. The first-order valence-corrected chi connectivity index (χ1v) is 18.1. The predicted molar refractivity (Wildman–Crippen MR) is 197 cm³/mol. The topological polar surface area (TPSA) is 94.8 Å². The number of pyridine rings is 1. The molecule has 5 heterocycles. The third kappa shape index (κ3) is 7.78. The van der Waals surface area contributed by atoms with Crippen LogP contribution < -0.4 is 9.64 Å². The number of esters is 1. The number of piperidine rings is 1. The number of hydrogen-bond acceptors (Lipinski definition) is 8. The number of halogens is 1. The molecule has 7 rings (SSSR count). The third-order valence-electron chi connectivity index (χ3n) is 10.1. The average Bonchev–Trinajstić information content (AvgIpc) is 3.51. The zero-order valence-corrected chi connectivity index (χ0v) is 31.2. The summed E-state index contributed by atoms with van der Waals surface area (Å²) < 4.78 is 41.5. The Labute approximate surface area is 300 Å². The van der Waals surface area contributed by atoms with Crippen molar-refractivity contribution in [1.29, 1.82) is 0 Å². The molecule has 4 aromatic rings. The van der Waals surface area contributed by atoms with Gasteiger partial charge in [0.1, 0.15) is 23.0 Å². The number of aromatic nitrogens is 2. The quantitative estimate of drug-likeness (QED) is 0.212. The number of aliphatic hydroxyl groups is 1. The van der Waals surface area contributed by atoms with Gasteiger partial charge in [-0.3, -0.25) is 4.40 Å². The summed E-state index contributed by atoms with van der Waals surface area (Å²) in [5.41, 5.74) is 4.47. The second kappa shape index (κ2) is 14.6. The summed E-state index contributed by atoms with van der Waals surface area (Å²) in [6.45, 7) is 15.6. The lowest BCUT2D eigenvalue weighted by molar-refractivity contribution is -0.164. The fraction of sp³-hybridized carbons (Fsp3) is 0.512. The number of benzene rings is 2. The van der Waals surface area contributed by atoms with E-state index in [1.807, 2.05) is 62.6 Å². The van der Waals surface area contributed by atoms with Gasteiger partial charge < -0.3 is 29.0 Å². The lowest BCUT2D eigenvalue weighted by Gasteiger charge is -2.42. The molecule has 9 nitrogen and oxygen atoms in total. The predicted octanol–water partition coefficient (Wildman–Crippen LogP) is 8.53. The fourth-order valence-electron chi connectivity index (χ4n) is 7.44. The molecule has 1 N–H and O–H groups in total. The number of aliphatic hydroxyl groups excluding tert-OH is 1. The highest BCUT2D eigenvalue weighted by molar-refractivity contribution is 5.83. The van der Waals surface area contributed by atoms with Crippen LogP contribution in [-0.4, -0.2) is 64.6 Å². The minimum Gasteiger partial charge on any atom is -0.490 e. The van der Waals surface area contributed by atoms with Gasteiger partial charge in [0.2, 0.25) is 0 Å². The van der Waals surface area contributed by atoms with Crippen molar-refractivity contribution in [2.75, 3.05) is 31.7 Å². The lowest BCUT2D eigenvalue weighted by atomic mass is 9.91. The molecule has 0 saturated carbocycles. The SMILES string of the molecule is COC(=O)[C@@H](OC(C)(C)C)c1c(C)c(C(C)O)c2nc3cn2c1N1CCC(C)(CC1)OCCCC[C@H](C)Oc1ccc(F)cc1-c1cccc-3c1. The van der Waals surface area contributed by atoms with E-state index in [2.05, 4.69) is 18.7 Å². The maximum absolute atomic E-state index is 14.7. The van der Waals surface area contributed by atoms with Crippen molar-refractivity contribution in [3.63, 3.8) is 0 Å². The van der Waals surface area contributed by atoms with Crippen molar-refractivity contribution in [3.05, 3.63) is 71.2 Å². The molecule has 0 amide bonds. The number of rotatable bonds is 4. The van der Waals surface area contributed by atoms with Crippen LogP contribution in [0.5, 0.6) is 5.75 Å². The van der Waals surface area contributed by atoms with Crippen LogP contribution in [0.15, 0.2) is 48.7 Å². The van der Waals surface area contributed by atoms with Crippen LogP contribution >= 0.6 is 0 Å². The Kier molecular flexibility index (Phi) is 10.5. The normalized spacial score (nSPS) is 21.2. The number of hydrogen-bond donors (Lipinski definition) is 1. The van der Waals surface area contributed by atoms with E-state index in [0.717, 1.165) is 54.6 Å². The van der Waals surface area contributed by atoms with E-state index in [-0.39, 0.29) is 17.5 Å². The molecule has 0 spiro atoms. The van der Waals surface area contributed by atoms with Crippen molar-refractivity contribution in [1.82, 2.24) is 9.38 Å². The zero-order valence-electron chi connectivity index (χ0n) is 31.2. The minimum absolute atomic E-state index is 0.0638.